The molecule has 3 atom stereocenters. The number of hydrogen-bond acceptors (Lipinski definition) is 3. The van der Waals surface area contributed by atoms with Gasteiger partial charge in [0.2, 0.25) is 0 Å². The molecule has 0 unspecified atom stereocenters. The highest BCUT2D eigenvalue weighted by Gasteiger charge is 2.52. The highest BCUT2D eigenvalue weighted by molar-refractivity contribution is 7.99. The van der Waals surface area contributed by atoms with Gasteiger partial charge in [-0.2, -0.15) is 0 Å². The first-order valence-corrected chi connectivity index (χ1v) is 8.78. The summed E-state index contributed by atoms with van der Waals surface area (Å²) in [5.74, 6) is 0.762. The Morgan fingerprint density at radius 3 is 2.39 bits per heavy atom. The molecular formula is C18H18N2O2S. The third-order valence-corrected chi connectivity index (χ3v) is 5.79. The van der Waals surface area contributed by atoms with Crippen molar-refractivity contribution in [2.24, 2.45) is 0 Å². The lowest BCUT2D eigenvalue weighted by atomic mass is 10.2. The number of carbonyl (C=O) groups excluding carboxylic acids is 1. The van der Waals surface area contributed by atoms with Crippen LogP contribution in [0.2, 0.25) is 0 Å². The number of benzene rings is 2. The summed E-state index contributed by atoms with van der Waals surface area (Å²) in [5.41, 5.74) is 2.15. The van der Waals surface area contributed by atoms with Crippen LogP contribution in [0.25, 0.3) is 0 Å². The van der Waals surface area contributed by atoms with Crippen molar-refractivity contribution in [2.75, 3.05) is 5.75 Å². The second kappa shape index (κ2) is 5.91. The fraction of sp³-hybridized carbons (Fsp3) is 0.278. The zero-order valence-corrected chi connectivity index (χ0v) is 13.4. The minimum Gasteiger partial charge on any atom is -0.371 e. The maximum atomic E-state index is 12.9. The molecule has 0 aromatic heterocycles. The molecule has 5 heteroatoms. The summed E-state index contributed by atoms with van der Waals surface area (Å²) in [7, 11) is 0. The number of fused-ring (bicyclic) bond motifs is 1. The van der Waals surface area contributed by atoms with Gasteiger partial charge >= 0.3 is 6.03 Å². The minimum atomic E-state index is -0.746. The molecule has 2 fully saturated rings. The summed E-state index contributed by atoms with van der Waals surface area (Å²) in [6.45, 7) is 0.444. The van der Waals surface area contributed by atoms with Crippen LogP contribution in [-0.2, 0) is 6.54 Å². The molecule has 2 saturated heterocycles. The zero-order chi connectivity index (χ0) is 15.8. The number of nitrogens with zero attached hydrogens (tertiary/aromatic N) is 2. The van der Waals surface area contributed by atoms with Crippen molar-refractivity contribution in [2.45, 2.75) is 24.2 Å². The van der Waals surface area contributed by atoms with E-state index in [9.17, 15) is 9.90 Å². The van der Waals surface area contributed by atoms with E-state index in [0.29, 0.717) is 6.54 Å². The highest BCUT2D eigenvalue weighted by atomic mass is 32.2. The number of carbonyl (C=O) groups is 1. The predicted octanol–water partition coefficient (Wildman–Crippen LogP) is 3.06. The lowest BCUT2D eigenvalue weighted by Crippen LogP contribution is -2.36. The molecule has 118 valence electrons. The molecule has 0 saturated carbocycles. The lowest BCUT2D eigenvalue weighted by molar-refractivity contribution is 0.0363. The quantitative estimate of drug-likeness (QED) is 0.943. The smallest absolute Gasteiger partial charge is 0.324 e. The van der Waals surface area contributed by atoms with E-state index in [0.717, 1.165) is 16.9 Å². The second-order valence-corrected chi connectivity index (χ2v) is 6.99. The first-order valence-electron chi connectivity index (χ1n) is 7.73. The van der Waals surface area contributed by atoms with E-state index in [-0.39, 0.29) is 17.4 Å². The van der Waals surface area contributed by atoms with Gasteiger partial charge in [-0.15, -0.1) is 11.8 Å². The number of rotatable bonds is 3. The molecule has 1 N–H and O–H groups in total. The summed E-state index contributed by atoms with van der Waals surface area (Å²) in [6.07, 6.45) is -0.746. The van der Waals surface area contributed by atoms with Gasteiger partial charge in [0.15, 0.2) is 6.23 Å². The average Bonchev–Trinajstić information content (AvgIpc) is 3.13. The molecule has 0 bridgehead atoms. The molecule has 2 amide bonds. The van der Waals surface area contributed by atoms with Crippen molar-refractivity contribution in [3.8, 4) is 0 Å². The van der Waals surface area contributed by atoms with Crippen LogP contribution in [0, 0.1) is 0 Å². The van der Waals surface area contributed by atoms with E-state index >= 15 is 0 Å². The molecule has 0 spiro atoms. The lowest BCUT2D eigenvalue weighted by Gasteiger charge is -2.24. The molecular weight excluding hydrogens is 308 g/mol. The average molecular weight is 326 g/mol. The van der Waals surface area contributed by atoms with E-state index in [2.05, 4.69) is 0 Å². The van der Waals surface area contributed by atoms with Crippen molar-refractivity contribution in [3.63, 3.8) is 0 Å². The summed E-state index contributed by atoms with van der Waals surface area (Å²) in [5, 5.41) is 10.6. The van der Waals surface area contributed by atoms with Crippen molar-refractivity contribution < 1.29 is 9.90 Å². The number of thioether (sulfide) groups is 1. The van der Waals surface area contributed by atoms with Crippen LogP contribution >= 0.6 is 11.8 Å². The largest absolute Gasteiger partial charge is 0.371 e. The Morgan fingerprint density at radius 1 is 1.04 bits per heavy atom. The molecule has 0 aliphatic carbocycles. The van der Waals surface area contributed by atoms with Gasteiger partial charge in [-0.25, -0.2) is 4.79 Å². The second-order valence-electron chi connectivity index (χ2n) is 5.88. The molecule has 23 heavy (non-hydrogen) atoms. The number of urea groups is 1. The first kappa shape index (κ1) is 14.6. The van der Waals surface area contributed by atoms with Gasteiger partial charge in [-0.1, -0.05) is 60.7 Å². The van der Waals surface area contributed by atoms with Crippen LogP contribution in [0.4, 0.5) is 4.79 Å². The maximum Gasteiger partial charge on any atom is 0.324 e. The van der Waals surface area contributed by atoms with Crippen LogP contribution in [-0.4, -0.2) is 39.0 Å². The highest BCUT2D eigenvalue weighted by Crippen LogP contribution is 2.46. The van der Waals surface area contributed by atoms with E-state index in [4.69, 9.17) is 0 Å². The van der Waals surface area contributed by atoms with E-state index in [1.807, 2.05) is 65.6 Å². The Labute approximate surface area is 139 Å². The normalized spacial score (nSPS) is 26.7. The van der Waals surface area contributed by atoms with Gasteiger partial charge in [0.1, 0.15) is 5.37 Å². The van der Waals surface area contributed by atoms with Crippen LogP contribution in [0.3, 0.4) is 0 Å². The molecule has 2 aromatic rings. The standard InChI is InChI=1S/C18H18N2O2S/c21-16-15-12-23-17(14-9-5-2-6-10-14)20(15)18(22)19(16)11-13-7-3-1-4-8-13/h1-10,15-17,21H,11-12H2/t15-,16-,17-/m0/s1. The SMILES string of the molecule is O=C1N(Cc2ccccc2)[C@@H](O)[C@@H]2CS[C@@H](c3ccccc3)N12. The molecule has 2 heterocycles. The first-order chi connectivity index (χ1) is 11.3. The van der Waals surface area contributed by atoms with Gasteiger partial charge in [0, 0.05) is 5.75 Å². The van der Waals surface area contributed by atoms with E-state index in [1.165, 1.54) is 0 Å². The number of amides is 2. The third-order valence-electron chi connectivity index (χ3n) is 4.45. The van der Waals surface area contributed by atoms with Gasteiger partial charge in [0.25, 0.3) is 0 Å². The molecule has 2 aliphatic rings. The Bertz CT molecular complexity index is 695. The van der Waals surface area contributed by atoms with Crippen LogP contribution < -0.4 is 0 Å². The Hall–Kier alpha value is -1.98. The van der Waals surface area contributed by atoms with Crippen LogP contribution in [0.5, 0.6) is 0 Å². The zero-order valence-electron chi connectivity index (χ0n) is 12.6. The molecule has 2 aliphatic heterocycles. The van der Waals surface area contributed by atoms with E-state index < -0.39 is 6.23 Å². The fourth-order valence-corrected chi connectivity index (χ4v) is 4.75. The third kappa shape index (κ3) is 2.50. The number of hydrogen-bond donors (Lipinski definition) is 1. The summed E-state index contributed by atoms with van der Waals surface area (Å²) in [6, 6.07) is 19.6. The van der Waals surface area contributed by atoms with Gasteiger partial charge < -0.3 is 10.0 Å². The van der Waals surface area contributed by atoms with Crippen molar-refractivity contribution in [1.29, 1.82) is 0 Å². The molecule has 2 aromatic carbocycles. The Kier molecular flexibility index (Phi) is 3.75. The van der Waals surface area contributed by atoms with Gasteiger partial charge in [0.05, 0.1) is 12.6 Å². The molecule has 4 rings (SSSR count). The topological polar surface area (TPSA) is 43.8 Å². The number of aliphatic hydroxyl groups excluding tert-OH is 1. The summed E-state index contributed by atoms with van der Waals surface area (Å²) < 4.78 is 0. The van der Waals surface area contributed by atoms with Crippen LogP contribution in [0.1, 0.15) is 16.5 Å². The van der Waals surface area contributed by atoms with E-state index in [1.54, 1.807) is 16.7 Å². The minimum absolute atomic E-state index is 0.0101. The molecule has 4 nitrogen and oxygen atoms in total. The van der Waals surface area contributed by atoms with Crippen molar-refractivity contribution in [3.05, 3.63) is 71.8 Å². The van der Waals surface area contributed by atoms with Crippen LogP contribution in [0.15, 0.2) is 60.7 Å². The summed E-state index contributed by atoms with van der Waals surface area (Å²) >= 11 is 1.72. The Morgan fingerprint density at radius 2 is 1.70 bits per heavy atom. The van der Waals surface area contributed by atoms with Gasteiger partial charge in [-0.05, 0) is 11.1 Å². The summed E-state index contributed by atoms with van der Waals surface area (Å²) in [4.78, 5) is 16.3. The number of aliphatic hydroxyl groups is 1. The van der Waals surface area contributed by atoms with Crippen molar-refractivity contribution in [1.82, 2.24) is 9.80 Å². The predicted molar refractivity (Wildman–Crippen MR) is 90.7 cm³/mol. The fourth-order valence-electron chi connectivity index (χ4n) is 3.28. The van der Waals surface area contributed by atoms with Gasteiger partial charge in [-0.3, -0.25) is 4.90 Å². The monoisotopic (exact) mass is 326 g/mol. The Balaban J connectivity index is 1.59. The molecule has 0 radical (unpaired) electrons. The maximum absolute atomic E-state index is 12.9. The van der Waals surface area contributed by atoms with Crippen molar-refractivity contribution >= 4 is 17.8 Å².